The third kappa shape index (κ3) is 7.02. The van der Waals surface area contributed by atoms with E-state index in [0.717, 1.165) is 32.0 Å². The number of halogens is 2. The van der Waals surface area contributed by atoms with Crippen LogP contribution in [-0.2, 0) is 11.3 Å². The highest BCUT2D eigenvalue weighted by atomic mass is 79.9. The summed E-state index contributed by atoms with van der Waals surface area (Å²) in [6.45, 7) is 4.88. The van der Waals surface area contributed by atoms with E-state index in [0.29, 0.717) is 13.2 Å². The summed E-state index contributed by atoms with van der Waals surface area (Å²) in [6, 6.07) is 13.2. The van der Waals surface area contributed by atoms with Crippen molar-refractivity contribution in [2.24, 2.45) is 0 Å². The lowest BCUT2D eigenvalue weighted by molar-refractivity contribution is 0.180. The zero-order valence-corrected chi connectivity index (χ0v) is 18.2. The van der Waals surface area contributed by atoms with Crippen LogP contribution in [0.25, 0.3) is 0 Å². The Morgan fingerprint density at radius 2 is 1.65 bits per heavy atom. The first kappa shape index (κ1) is 20.8. The topological polar surface area (TPSA) is 36.9 Å². The fourth-order valence-electron chi connectivity index (χ4n) is 2.22. The Labute approximate surface area is 171 Å². The number of benzene rings is 2. The fraction of sp³-hybridized carbons (Fsp3) is 0.300. The summed E-state index contributed by atoms with van der Waals surface area (Å²) in [7, 11) is 1.65. The molecule has 0 aliphatic rings. The van der Waals surface area contributed by atoms with Gasteiger partial charge in [0.25, 0.3) is 0 Å². The van der Waals surface area contributed by atoms with Crippen molar-refractivity contribution in [2.45, 2.75) is 26.6 Å². The maximum Gasteiger partial charge on any atom is 0.128 e. The normalized spacial score (nSPS) is 10.5. The lowest BCUT2D eigenvalue weighted by Gasteiger charge is -2.13. The molecule has 2 rings (SSSR count). The molecular formula is C20H22Br2O4. The quantitative estimate of drug-likeness (QED) is 0.410. The molecule has 0 spiro atoms. The van der Waals surface area contributed by atoms with Crippen molar-refractivity contribution < 1.29 is 18.9 Å². The van der Waals surface area contributed by atoms with Crippen molar-refractivity contribution >= 4 is 31.9 Å². The lowest BCUT2D eigenvalue weighted by atomic mass is 10.2. The molecular weight excluding hydrogens is 464 g/mol. The second-order valence-corrected chi connectivity index (χ2v) is 8.52. The summed E-state index contributed by atoms with van der Waals surface area (Å²) < 4.78 is 23.5. The smallest absolute Gasteiger partial charge is 0.128 e. The molecule has 0 aliphatic heterocycles. The molecule has 0 amide bonds. The highest BCUT2D eigenvalue weighted by molar-refractivity contribution is 9.28. The Morgan fingerprint density at radius 3 is 2.27 bits per heavy atom. The number of hydrogen-bond acceptors (Lipinski definition) is 4. The summed E-state index contributed by atoms with van der Waals surface area (Å²) in [5.41, 5.74) is 0.920. The molecule has 2 aromatic rings. The summed E-state index contributed by atoms with van der Waals surface area (Å²) in [6.07, 6.45) is 2.02. The second-order valence-electron chi connectivity index (χ2n) is 5.75. The van der Waals surface area contributed by atoms with Crippen LogP contribution in [0, 0.1) is 0 Å². The molecule has 4 nitrogen and oxygen atoms in total. The molecule has 0 fully saturated rings. The van der Waals surface area contributed by atoms with Gasteiger partial charge in [0.05, 0.1) is 16.1 Å². The maximum absolute atomic E-state index is 5.93. The molecule has 0 saturated carbocycles. The van der Waals surface area contributed by atoms with E-state index in [1.807, 2.05) is 62.4 Å². The van der Waals surface area contributed by atoms with Gasteiger partial charge in [-0.15, -0.1) is 0 Å². The molecule has 0 radical (unpaired) electrons. The van der Waals surface area contributed by atoms with Crippen LogP contribution in [-0.4, -0.2) is 19.8 Å². The van der Waals surface area contributed by atoms with Crippen LogP contribution in [0.15, 0.2) is 51.9 Å². The number of methoxy groups -OCH3 is 1. The van der Waals surface area contributed by atoms with E-state index in [-0.39, 0.29) is 6.10 Å². The van der Waals surface area contributed by atoms with Crippen LogP contribution in [0.1, 0.15) is 19.4 Å². The van der Waals surface area contributed by atoms with E-state index in [1.165, 1.54) is 0 Å². The van der Waals surface area contributed by atoms with Gasteiger partial charge in [-0.05, 0) is 94.2 Å². The van der Waals surface area contributed by atoms with Crippen molar-refractivity contribution in [2.75, 3.05) is 13.7 Å². The first-order valence-electron chi connectivity index (χ1n) is 8.18. The van der Waals surface area contributed by atoms with Gasteiger partial charge in [0.1, 0.15) is 29.6 Å². The van der Waals surface area contributed by atoms with Gasteiger partial charge in [0, 0.05) is 12.7 Å². The standard InChI is InChI=1S/C20H22Br2O4/c1-14(2)25-16-4-6-17(7-5-16)26-18-8-9-19(15(12-18)13-23-3)24-11-10-20(21)22/h4-10,12,14H,11,13H2,1-3H3. The van der Waals surface area contributed by atoms with E-state index >= 15 is 0 Å². The Balaban J connectivity index is 2.09. The molecule has 2 aromatic carbocycles. The molecule has 0 atom stereocenters. The molecule has 26 heavy (non-hydrogen) atoms. The monoisotopic (exact) mass is 484 g/mol. The van der Waals surface area contributed by atoms with Gasteiger partial charge in [-0.3, -0.25) is 0 Å². The van der Waals surface area contributed by atoms with Gasteiger partial charge in [-0.1, -0.05) is 0 Å². The van der Waals surface area contributed by atoms with E-state index in [4.69, 9.17) is 18.9 Å². The van der Waals surface area contributed by atoms with Crippen LogP contribution in [0.5, 0.6) is 23.0 Å². The van der Waals surface area contributed by atoms with Crippen molar-refractivity contribution in [3.05, 3.63) is 57.5 Å². The zero-order valence-electron chi connectivity index (χ0n) is 15.0. The van der Waals surface area contributed by atoms with Crippen LogP contribution in [0.4, 0.5) is 0 Å². The van der Waals surface area contributed by atoms with Crippen LogP contribution < -0.4 is 14.2 Å². The van der Waals surface area contributed by atoms with Gasteiger partial charge in [-0.2, -0.15) is 0 Å². The van der Waals surface area contributed by atoms with Gasteiger partial charge < -0.3 is 18.9 Å². The largest absolute Gasteiger partial charge is 0.491 e. The number of hydrogen-bond donors (Lipinski definition) is 0. The molecule has 0 unspecified atom stereocenters. The predicted molar refractivity (Wildman–Crippen MR) is 111 cm³/mol. The van der Waals surface area contributed by atoms with Gasteiger partial charge in [0.2, 0.25) is 0 Å². The summed E-state index contributed by atoms with van der Waals surface area (Å²) in [5, 5.41) is 0. The maximum atomic E-state index is 5.93. The minimum atomic E-state index is 0.144. The van der Waals surface area contributed by atoms with Crippen molar-refractivity contribution in [1.29, 1.82) is 0 Å². The molecule has 0 N–H and O–H groups in total. The van der Waals surface area contributed by atoms with E-state index in [2.05, 4.69) is 31.9 Å². The molecule has 0 saturated heterocycles. The average molecular weight is 486 g/mol. The minimum absolute atomic E-state index is 0.144. The van der Waals surface area contributed by atoms with E-state index < -0.39 is 0 Å². The lowest BCUT2D eigenvalue weighted by Crippen LogP contribution is -2.05. The average Bonchev–Trinajstić information content (AvgIpc) is 2.58. The third-order valence-corrected chi connectivity index (χ3v) is 3.89. The third-order valence-electron chi connectivity index (χ3n) is 3.24. The molecule has 0 aliphatic carbocycles. The van der Waals surface area contributed by atoms with Crippen molar-refractivity contribution in [1.82, 2.24) is 0 Å². The highest BCUT2D eigenvalue weighted by Gasteiger charge is 2.07. The predicted octanol–water partition coefficient (Wildman–Crippen LogP) is 6.42. The van der Waals surface area contributed by atoms with Crippen LogP contribution >= 0.6 is 31.9 Å². The Bertz CT molecular complexity index is 723. The Morgan fingerprint density at radius 1 is 1.00 bits per heavy atom. The van der Waals surface area contributed by atoms with Gasteiger partial charge in [-0.25, -0.2) is 0 Å². The van der Waals surface area contributed by atoms with E-state index in [1.54, 1.807) is 7.11 Å². The Kier molecular flexibility index (Phi) is 8.48. The Hall–Kier alpha value is -1.50. The SMILES string of the molecule is COCc1cc(Oc2ccc(OC(C)C)cc2)ccc1OCC=C(Br)Br. The summed E-state index contributed by atoms with van der Waals surface area (Å²) in [5.74, 6) is 3.04. The molecule has 0 bridgehead atoms. The molecule has 6 heteroatoms. The molecule has 0 aromatic heterocycles. The minimum Gasteiger partial charge on any atom is -0.491 e. The van der Waals surface area contributed by atoms with Crippen LogP contribution in [0.2, 0.25) is 0 Å². The molecule has 140 valence electrons. The first-order chi connectivity index (χ1) is 12.5. The zero-order chi connectivity index (χ0) is 18.9. The molecule has 0 heterocycles. The van der Waals surface area contributed by atoms with E-state index in [9.17, 15) is 0 Å². The van der Waals surface area contributed by atoms with Crippen LogP contribution in [0.3, 0.4) is 0 Å². The van der Waals surface area contributed by atoms with Gasteiger partial charge >= 0.3 is 0 Å². The van der Waals surface area contributed by atoms with Crippen molar-refractivity contribution in [3.63, 3.8) is 0 Å². The second kappa shape index (κ2) is 10.6. The first-order valence-corrected chi connectivity index (χ1v) is 9.77. The van der Waals surface area contributed by atoms with Crippen molar-refractivity contribution in [3.8, 4) is 23.0 Å². The number of rotatable bonds is 9. The summed E-state index contributed by atoms with van der Waals surface area (Å²) >= 11 is 6.62. The number of ether oxygens (including phenoxy) is 4. The van der Waals surface area contributed by atoms with Gasteiger partial charge in [0.15, 0.2) is 0 Å². The highest BCUT2D eigenvalue weighted by Crippen LogP contribution is 2.29. The summed E-state index contributed by atoms with van der Waals surface area (Å²) in [4.78, 5) is 0. The fourth-order valence-corrected chi connectivity index (χ4v) is 2.48.